The molecule has 0 saturated heterocycles. The number of phenolic OH excluding ortho intramolecular Hbond substituents is 1. The van der Waals surface area contributed by atoms with E-state index in [1.165, 1.54) is 0 Å². The van der Waals surface area contributed by atoms with Crippen molar-refractivity contribution in [2.24, 2.45) is 4.99 Å². The van der Waals surface area contributed by atoms with E-state index >= 15 is 0 Å². The number of nitrogens with zero attached hydrogens (tertiary/aromatic N) is 1. The maximum absolute atomic E-state index is 10.2. The normalized spacial score (nSPS) is 12.0. The number of hydrogen-bond acceptors (Lipinski definition) is 5. The van der Waals surface area contributed by atoms with Gasteiger partial charge < -0.3 is 20.4 Å². The molecule has 0 bridgehead atoms. The number of aliphatic imine (C=N–C) groups is 1. The zero-order valence-electron chi connectivity index (χ0n) is 17.5. The van der Waals surface area contributed by atoms with Crippen LogP contribution < -0.4 is 0 Å². The summed E-state index contributed by atoms with van der Waals surface area (Å²) in [6.45, 7) is 14.9. The second-order valence-corrected chi connectivity index (χ2v) is 7.49. The van der Waals surface area contributed by atoms with Crippen LogP contribution in [0.15, 0.2) is 23.2 Å². The molecule has 0 radical (unpaired) electrons. The smallest absolute Gasteiger partial charge is 0.128 e. The molecule has 6 heteroatoms. The zero-order valence-corrected chi connectivity index (χ0v) is 19.0. The standard InChI is InChI=1S/C14H21NO2.2C3H8O.Ti/c1-10(9-16)15-8-11-6-5-7-12(13(11)17)14(2,3)4;2*1-3(2)4;/h5-8,10,16-17H,9H2,1-4H3;2*3-4H,1-2H3;/t10-;;;/m0.../s1. The maximum atomic E-state index is 10.2. The Morgan fingerprint density at radius 1 is 1.00 bits per heavy atom. The molecule has 1 atom stereocenters. The van der Waals surface area contributed by atoms with Crippen LogP contribution in [0.3, 0.4) is 0 Å². The maximum Gasteiger partial charge on any atom is 0.128 e. The van der Waals surface area contributed by atoms with Crippen LogP contribution in [-0.4, -0.2) is 51.5 Å². The third-order valence-corrected chi connectivity index (χ3v) is 2.61. The summed E-state index contributed by atoms with van der Waals surface area (Å²) in [6, 6.07) is 5.50. The SMILES string of the molecule is CC(C)O.CC(C)O.C[C@@H](CO)N=Cc1cccc(C(C)(C)C)c1O.[Ti]. The summed E-state index contributed by atoms with van der Waals surface area (Å²) in [5, 5.41) is 35.2. The van der Waals surface area contributed by atoms with Crippen molar-refractivity contribution in [3.8, 4) is 5.75 Å². The van der Waals surface area contributed by atoms with Gasteiger partial charge in [0, 0.05) is 45.7 Å². The fraction of sp³-hybridized carbons (Fsp3) is 0.650. The first-order valence-corrected chi connectivity index (χ1v) is 8.65. The molecule has 0 unspecified atom stereocenters. The molecule has 150 valence electrons. The summed E-state index contributed by atoms with van der Waals surface area (Å²) in [7, 11) is 0. The summed E-state index contributed by atoms with van der Waals surface area (Å²) in [4.78, 5) is 4.16. The first-order valence-electron chi connectivity index (χ1n) is 8.65. The molecule has 0 aliphatic heterocycles. The molecule has 26 heavy (non-hydrogen) atoms. The van der Waals surface area contributed by atoms with Crippen molar-refractivity contribution < 1.29 is 42.1 Å². The fourth-order valence-corrected chi connectivity index (χ4v) is 1.53. The van der Waals surface area contributed by atoms with E-state index in [4.69, 9.17) is 15.3 Å². The third kappa shape index (κ3) is 16.7. The summed E-state index contributed by atoms with van der Waals surface area (Å²) >= 11 is 0. The van der Waals surface area contributed by atoms with Crippen molar-refractivity contribution in [3.63, 3.8) is 0 Å². The second-order valence-electron chi connectivity index (χ2n) is 7.49. The summed E-state index contributed by atoms with van der Waals surface area (Å²) < 4.78 is 0. The van der Waals surface area contributed by atoms with Crippen molar-refractivity contribution in [2.45, 2.75) is 79.1 Å². The van der Waals surface area contributed by atoms with Crippen molar-refractivity contribution in [1.29, 1.82) is 0 Å². The fourth-order valence-electron chi connectivity index (χ4n) is 1.53. The molecule has 0 amide bonds. The Hall–Kier alpha value is -0.716. The van der Waals surface area contributed by atoms with Gasteiger partial charge in [0.05, 0.1) is 12.6 Å². The number of benzene rings is 1. The van der Waals surface area contributed by atoms with Crippen LogP contribution in [0.4, 0.5) is 0 Å². The molecule has 1 rings (SSSR count). The van der Waals surface area contributed by atoms with Crippen LogP contribution >= 0.6 is 0 Å². The van der Waals surface area contributed by atoms with Crippen LogP contribution in [0.1, 0.15) is 66.5 Å². The minimum Gasteiger partial charge on any atom is -0.507 e. The van der Waals surface area contributed by atoms with Crippen molar-refractivity contribution >= 4 is 6.21 Å². The first-order chi connectivity index (χ1) is 11.3. The molecule has 4 N–H and O–H groups in total. The van der Waals surface area contributed by atoms with Crippen molar-refractivity contribution in [2.75, 3.05) is 6.61 Å². The summed E-state index contributed by atoms with van der Waals surface area (Å²) in [5.41, 5.74) is 1.49. The van der Waals surface area contributed by atoms with Crippen LogP contribution in [0.2, 0.25) is 0 Å². The van der Waals surface area contributed by atoms with Gasteiger partial charge in [0.1, 0.15) is 5.75 Å². The average molecular weight is 403 g/mol. The number of aliphatic hydroxyl groups is 3. The van der Waals surface area contributed by atoms with E-state index in [2.05, 4.69) is 25.8 Å². The van der Waals surface area contributed by atoms with Gasteiger partial charge in [-0.05, 0) is 51.7 Å². The molecule has 1 aromatic rings. The molecule has 0 saturated carbocycles. The number of aromatic hydroxyl groups is 1. The number of para-hydroxylation sites is 1. The van der Waals surface area contributed by atoms with E-state index in [0.29, 0.717) is 5.56 Å². The third-order valence-electron chi connectivity index (χ3n) is 2.61. The van der Waals surface area contributed by atoms with Gasteiger partial charge in [-0.15, -0.1) is 0 Å². The molecular weight excluding hydrogens is 366 g/mol. The van der Waals surface area contributed by atoms with Crippen LogP contribution in [0.5, 0.6) is 5.75 Å². The van der Waals surface area contributed by atoms with Crippen molar-refractivity contribution in [1.82, 2.24) is 0 Å². The Morgan fingerprint density at radius 3 is 1.77 bits per heavy atom. The summed E-state index contributed by atoms with van der Waals surface area (Å²) in [5.74, 6) is 0.272. The molecule has 1 aromatic carbocycles. The molecule has 0 aromatic heterocycles. The minimum atomic E-state index is -0.167. The number of rotatable bonds is 3. The number of phenols is 1. The van der Waals surface area contributed by atoms with Crippen LogP contribution in [-0.2, 0) is 27.1 Å². The molecule has 0 fully saturated rings. The minimum absolute atomic E-state index is 0. The molecule has 0 heterocycles. The predicted molar refractivity (Wildman–Crippen MR) is 106 cm³/mol. The van der Waals surface area contributed by atoms with Gasteiger partial charge in [-0.2, -0.15) is 0 Å². The van der Waals surface area contributed by atoms with Gasteiger partial charge in [-0.25, -0.2) is 0 Å². The zero-order chi connectivity index (χ0) is 20.2. The first kappa shape index (κ1) is 30.0. The van der Waals surface area contributed by atoms with Gasteiger partial charge in [-0.1, -0.05) is 32.9 Å². The quantitative estimate of drug-likeness (QED) is 0.460. The largest absolute Gasteiger partial charge is 0.507 e. The molecular formula is C20H37NO4Ti. The Balaban J connectivity index is -0.000000497. The van der Waals surface area contributed by atoms with Gasteiger partial charge in [0.15, 0.2) is 0 Å². The Bertz CT molecular complexity index is 486. The monoisotopic (exact) mass is 403 g/mol. The second kappa shape index (κ2) is 15.4. The molecule has 5 nitrogen and oxygen atoms in total. The molecule has 0 aliphatic rings. The van der Waals surface area contributed by atoms with E-state index in [-0.39, 0.29) is 57.7 Å². The molecule has 0 aliphatic carbocycles. The van der Waals surface area contributed by atoms with Gasteiger partial charge in [0.2, 0.25) is 0 Å². The predicted octanol–water partition coefficient (Wildman–Crippen LogP) is 3.26. The van der Waals surface area contributed by atoms with E-state index in [0.717, 1.165) is 5.56 Å². The van der Waals surface area contributed by atoms with E-state index in [9.17, 15) is 5.11 Å². The number of hydrogen-bond donors (Lipinski definition) is 4. The van der Waals surface area contributed by atoms with Gasteiger partial charge in [0.25, 0.3) is 0 Å². The van der Waals surface area contributed by atoms with Crippen LogP contribution in [0.25, 0.3) is 0 Å². The average Bonchev–Trinajstić information content (AvgIpc) is 2.43. The Labute approximate surface area is 174 Å². The van der Waals surface area contributed by atoms with Gasteiger partial charge in [-0.3, -0.25) is 4.99 Å². The van der Waals surface area contributed by atoms with Crippen LogP contribution in [0, 0.1) is 0 Å². The molecule has 0 spiro atoms. The van der Waals surface area contributed by atoms with E-state index < -0.39 is 0 Å². The van der Waals surface area contributed by atoms with E-state index in [1.807, 2.05) is 25.1 Å². The summed E-state index contributed by atoms with van der Waals surface area (Å²) in [6.07, 6.45) is 1.28. The van der Waals surface area contributed by atoms with Gasteiger partial charge >= 0.3 is 0 Å². The number of aliphatic hydroxyl groups excluding tert-OH is 3. The Morgan fingerprint density at radius 2 is 1.42 bits per heavy atom. The topological polar surface area (TPSA) is 93.3 Å². The Kier molecular flexibility index (Phi) is 17.7. The van der Waals surface area contributed by atoms with E-state index in [1.54, 1.807) is 33.9 Å². The van der Waals surface area contributed by atoms with Crippen molar-refractivity contribution in [3.05, 3.63) is 29.3 Å².